The van der Waals surface area contributed by atoms with E-state index in [0.29, 0.717) is 19.4 Å². The zero-order chi connectivity index (χ0) is 23.0. The summed E-state index contributed by atoms with van der Waals surface area (Å²) >= 11 is 0. The number of hydrogen-bond donors (Lipinski definition) is 0. The molecule has 0 radical (unpaired) electrons. The second-order valence-electron chi connectivity index (χ2n) is 8.42. The number of oxime groups is 2. The zero-order valence-corrected chi connectivity index (χ0v) is 19.5. The lowest BCUT2D eigenvalue weighted by Gasteiger charge is -2.21. The fraction of sp³-hybridized carbons (Fsp3) is 0.462. The molecule has 0 aromatic carbocycles. The maximum atomic E-state index is 6.13. The average molecular weight is 449 g/mol. The van der Waals surface area contributed by atoms with Crippen LogP contribution in [-0.4, -0.2) is 48.3 Å². The molecular formula is C26H32N4O3. The van der Waals surface area contributed by atoms with Gasteiger partial charge in [-0.3, -0.25) is 9.97 Å². The highest BCUT2D eigenvalue weighted by Gasteiger charge is 2.22. The normalized spacial score (nSPS) is 17.7. The quantitative estimate of drug-likeness (QED) is 0.424. The topological polar surface area (TPSA) is 78.2 Å². The Labute approximate surface area is 195 Å². The molecule has 0 fully saturated rings. The maximum absolute atomic E-state index is 6.13. The van der Waals surface area contributed by atoms with Gasteiger partial charge in [0, 0.05) is 24.2 Å². The van der Waals surface area contributed by atoms with E-state index in [1.807, 2.05) is 0 Å². The molecule has 0 atom stereocenters. The second kappa shape index (κ2) is 11.2. The summed E-state index contributed by atoms with van der Waals surface area (Å²) in [6.07, 6.45) is 9.02. The highest BCUT2D eigenvalue weighted by molar-refractivity contribution is 6.01. The average Bonchev–Trinajstić information content (AvgIpc) is 2.83. The summed E-state index contributed by atoms with van der Waals surface area (Å²) in [6, 6.07) is 8.53. The van der Waals surface area contributed by atoms with Gasteiger partial charge in [-0.25, -0.2) is 0 Å². The van der Waals surface area contributed by atoms with Crippen molar-refractivity contribution in [3.8, 4) is 0 Å². The Hall–Kier alpha value is -3.06. The Kier molecular flexibility index (Phi) is 7.83. The number of ether oxygens (including phenoxy) is 1. The molecule has 0 bridgehead atoms. The van der Waals surface area contributed by atoms with Gasteiger partial charge < -0.3 is 14.4 Å². The van der Waals surface area contributed by atoms with Crippen LogP contribution in [-0.2, 0) is 40.1 Å². The summed E-state index contributed by atoms with van der Waals surface area (Å²) in [5.41, 5.74) is 8.17. The van der Waals surface area contributed by atoms with Gasteiger partial charge in [0.1, 0.15) is 25.6 Å². The molecule has 0 unspecified atom stereocenters. The van der Waals surface area contributed by atoms with Crippen LogP contribution in [0.3, 0.4) is 0 Å². The number of hydrogen-bond acceptors (Lipinski definition) is 7. The largest absolute Gasteiger partial charge is 0.399 e. The van der Waals surface area contributed by atoms with Gasteiger partial charge in [0.2, 0.25) is 0 Å². The maximum Gasteiger partial charge on any atom is 0.106 e. The van der Waals surface area contributed by atoms with E-state index in [2.05, 4.69) is 41.2 Å². The summed E-state index contributed by atoms with van der Waals surface area (Å²) in [4.78, 5) is 20.0. The summed E-state index contributed by atoms with van der Waals surface area (Å²) in [5.74, 6) is 0. The zero-order valence-electron chi connectivity index (χ0n) is 19.5. The molecule has 0 aliphatic heterocycles. The number of aromatic nitrogens is 2. The standard InChI is InChI=1S/C26H32N4O3/c1-4-15-33-22(16-20-13-11-18-7-5-9-23(29-31-2)25(18)27-20)17-21-14-12-19-8-6-10-24(30-32-3)26(19)28-21/h4,11-14,22H,1,5-10,15-17H2,2-3H3/b29-23+,30-24+. The molecule has 0 amide bonds. The Morgan fingerprint density at radius 3 is 1.82 bits per heavy atom. The molecule has 2 aliphatic carbocycles. The number of aryl methyl sites for hydroxylation is 2. The number of fused-ring (bicyclic) bond motifs is 2. The first-order valence-corrected chi connectivity index (χ1v) is 11.6. The van der Waals surface area contributed by atoms with Gasteiger partial charge in [-0.05, 0) is 61.8 Å². The molecule has 2 aliphatic rings. The van der Waals surface area contributed by atoms with Crippen molar-refractivity contribution in [2.24, 2.45) is 10.3 Å². The first-order valence-electron chi connectivity index (χ1n) is 11.6. The SMILES string of the molecule is C=CCOC(Cc1ccc2c(n1)/C(=N/OC)CCC2)Cc1ccc2c(n1)/C(=N/OC)CCC2. The first kappa shape index (κ1) is 23.1. The monoisotopic (exact) mass is 448 g/mol. The van der Waals surface area contributed by atoms with Gasteiger partial charge in [0.25, 0.3) is 0 Å². The second-order valence-corrected chi connectivity index (χ2v) is 8.42. The molecule has 4 rings (SSSR count). The molecule has 2 aromatic rings. The van der Waals surface area contributed by atoms with Gasteiger partial charge in [-0.1, -0.05) is 28.5 Å². The van der Waals surface area contributed by atoms with E-state index in [-0.39, 0.29) is 6.10 Å². The minimum absolute atomic E-state index is 0.0723. The van der Waals surface area contributed by atoms with Crippen LogP contribution in [0.5, 0.6) is 0 Å². The minimum Gasteiger partial charge on any atom is -0.399 e. The number of nitrogens with zero attached hydrogens (tertiary/aromatic N) is 4. The molecule has 0 saturated heterocycles. The molecule has 33 heavy (non-hydrogen) atoms. The van der Waals surface area contributed by atoms with E-state index in [4.69, 9.17) is 24.4 Å². The summed E-state index contributed by atoms with van der Waals surface area (Å²) in [6.45, 7) is 4.29. The number of rotatable bonds is 9. The van der Waals surface area contributed by atoms with Crippen molar-refractivity contribution in [1.82, 2.24) is 9.97 Å². The molecule has 7 nitrogen and oxygen atoms in total. The van der Waals surface area contributed by atoms with Gasteiger partial charge in [-0.2, -0.15) is 0 Å². The van der Waals surface area contributed by atoms with Crippen molar-refractivity contribution < 1.29 is 14.4 Å². The van der Waals surface area contributed by atoms with Crippen molar-refractivity contribution in [3.05, 3.63) is 70.8 Å². The van der Waals surface area contributed by atoms with Gasteiger partial charge in [0.15, 0.2) is 0 Å². The summed E-state index contributed by atoms with van der Waals surface area (Å²) in [5, 5.41) is 8.41. The van der Waals surface area contributed by atoms with E-state index < -0.39 is 0 Å². The lowest BCUT2D eigenvalue weighted by Crippen LogP contribution is -2.23. The Morgan fingerprint density at radius 1 is 0.848 bits per heavy atom. The van der Waals surface area contributed by atoms with Gasteiger partial charge in [0.05, 0.1) is 24.1 Å². The lowest BCUT2D eigenvalue weighted by atomic mass is 9.93. The van der Waals surface area contributed by atoms with Crippen molar-refractivity contribution in [2.75, 3.05) is 20.8 Å². The molecule has 0 spiro atoms. The summed E-state index contributed by atoms with van der Waals surface area (Å²) < 4.78 is 6.13. The smallest absolute Gasteiger partial charge is 0.106 e. The van der Waals surface area contributed by atoms with Crippen molar-refractivity contribution in [1.29, 1.82) is 0 Å². The first-order chi connectivity index (χ1) is 16.2. The Bertz CT molecular complexity index is 970. The van der Waals surface area contributed by atoms with Gasteiger partial charge >= 0.3 is 0 Å². The third-order valence-electron chi connectivity index (χ3n) is 6.07. The van der Waals surface area contributed by atoms with Crippen molar-refractivity contribution in [3.63, 3.8) is 0 Å². The van der Waals surface area contributed by atoms with E-state index in [1.54, 1.807) is 20.3 Å². The fourth-order valence-corrected chi connectivity index (χ4v) is 4.58. The molecule has 174 valence electrons. The lowest BCUT2D eigenvalue weighted by molar-refractivity contribution is 0.0736. The predicted octanol–water partition coefficient (Wildman–Crippen LogP) is 4.21. The van der Waals surface area contributed by atoms with Crippen LogP contribution in [0.15, 0.2) is 47.2 Å². The van der Waals surface area contributed by atoms with Crippen LogP contribution < -0.4 is 0 Å². The van der Waals surface area contributed by atoms with Crippen LogP contribution in [0.2, 0.25) is 0 Å². The van der Waals surface area contributed by atoms with Gasteiger partial charge in [-0.15, -0.1) is 6.58 Å². The Morgan fingerprint density at radius 2 is 1.36 bits per heavy atom. The third-order valence-corrected chi connectivity index (χ3v) is 6.07. The molecular weight excluding hydrogens is 416 g/mol. The van der Waals surface area contributed by atoms with Crippen LogP contribution in [0.1, 0.15) is 59.6 Å². The third kappa shape index (κ3) is 5.66. The number of pyridine rings is 2. The van der Waals surface area contributed by atoms with Crippen molar-refractivity contribution >= 4 is 11.4 Å². The molecule has 0 N–H and O–H groups in total. The fourth-order valence-electron chi connectivity index (χ4n) is 4.58. The van der Waals surface area contributed by atoms with E-state index >= 15 is 0 Å². The van der Waals surface area contributed by atoms with E-state index in [9.17, 15) is 0 Å². The van der Waals surface area contributed by atoms with Crippen LogP contribution in [0.25, 0.3) is 0 Å². The minimum atomic E-state index is -0.0723. The highest BCUT2D eigenvalue weighted by Crippen LogP contribution is 2.24. The highest BCUT2D eigenvalue weighted by atomic mass is 16.6. The molecule has 2 heterocycles. The van der Waals surface area contributed by atoms with Crippen LogP contribution in [0.4, 0.5) is 0 Å². The Balaban J connectivity index is 1.56. The van der Waals surface area contributed by atoms with E-state index in [1.165, 1.54) is 11.1 Å². The van der Waals surface area contributed by atoms with Crippen LogP contribution in [0, 0.1) is 0 Å². The predicted molar refractivity (Wildman–Crippen MR) is 129 cm³/mol. The van der Waals surface area contributed by atoms with E-state index in [0.717, 1.165) is 72.7 Å². The summed E-state index contributed by atoms with van der Waals surface area (Å²) in [7, 11) is 3.16. The molecule has 0 saturated carbocycles. The molecule has 2 aromatic heterocycles. The van der Waals surface area contributed by atoms with Crippen molar-refractivity contribution in [2.45, 2.75) is 57.5 Å². The van der Waals surface area contributed by atoms with Crippen LogP contribution >= 0.6 is 0 Å². The molecule has 7 heteroatoms.